The minimum absolute atomic E-state index is 0.0661. The number of ether oxygens (including phenoxy) is 3. The molecule has 0 radical (unpaired) electrons. The average molecular weight is 779 g/mol. The molecule has 0 rings (SSSR count). The molecule has 1 atom stereocenters. The van der Waals surface area contributed by atoms with Crippen molar-refractivity contribution < 1.29 is 28.6 Å². The van der Waals surface area contributed by atoms with Gasteiger partial charge in [-0.15, -0.1) is 0 Å². The number of carbonyl (C=O) groups excluding carboxylic acids is 3. The van der Waals surface area contributed by atoms with Gasteiger partial charge in [0, 0.05) is 19.3 Å². The Morgan fingerprint density at radius 3 is 0.782 bits per heavy atom. The number of hydrogen-bond donors (Lipinski definition) is 0. The highest BCUT2D eigenvalue weighted by Crippen LogP contribution is 2.17. The van der Waals surface area contributed by atoms with Crippen molar-refractivity contribution in [1.82, 2.24) is 0 Å². The molecule has 0 aliphatic rings. The summed E-state index contributed by atoms with van der Waals surface area (Å²) in [4.78, 5) is 37.8. The van der Waals surface area contributed by atoms with Crippen molar-refractivity contribution >= 4 is 17.9 Å². The van der Waals surface area contributed by atoms with Gasteiger partial charge in [-0.2, -0.15) is 0 Å². The molecule has 0 amide bonds. The van der Waals surface area contributed by atoms with Gasteiger partial charge in [0.05, 0.1) is 0 Å². The molecule has 0 bridgehead atoms. The average Bonchev–Trinajstić information content (AvgIpc) is 3.13. The lowest BCUT2D eigenvalue weighted by Crippen LogP contribution is -2.30. The zero-order chi connectivity index (χ0) is 40.6. The maximum absolute atomic E-state index is 12.7. The monoisotopic (exact) mass is 779 g/mol. The smallest absolute Gasteiger partial charge is 0.306 e. The van der Waals surface area contributed by atoms with E-state index in [4.69, 9.17) is 14.2 Å². The molecule has 6 nitrogen and oxygen atoms in total. The summed E-state index contributed by atoms with van der Waals surface area (Å²) < 4.78 is 16.7. The van der Waals surface area contributed by atoms with Crippen LogP contribution < -0.4 is 0 Å². The summed E-state index contributed by atoms with van der Waals surface area (Å²) in [5.41, 5.74) is 0. The first kappa shape index (κ1) is 53.4. The Kier molecular flexibility index (Phi) is 39.4. The molecular weight excluding hydrogens is 685 g/mol. The fourth-order valence-electron chi connectivity index (χ4n) is 7.23. The van der Waals surface area contributed by atoms with Crippen LogP contribution in [0.15, 0.2) is 0 Å². The van der Waals surface area contributed by atoms with Gasteiger partial charge in [-0.25, -0.2) is 0 Å². The van der Waals surface area contributed by atoms with Gasteiger partial charge in [0.2, 0.25) is 0 Å². The van der Waals surface area contributed by atoms with E-state index in [-0.39, 0.29) is 31.1 Å². The summed E-state index contributed by atoms with van der Waals surface area (Å²) in [5, 5.41) is 0. The maximum atomic E-state index is 12.7. The first-order chi connectivity index (χ1) is 26.6. The molecule has 0 N–H and O–H groups in total. The van der Waals surface area contributed by atoms with Gasteiger partial charge in [0.15, 0.2) is 6.10 Å². The first-order valence-electron chi connectivity index (χ1n) is 24.1. The van der Waals surface area contributed by atoms with Crippen LogP contribution in [0.3, 0.4) is 0 Å². The number of rotatable bonds is 42. The molecule has 0 aromatic heterocycles. The Morgan fingerprint density at radius 1 is 0.309 bits per heavy atom. The fourth-order valence-corrected chi connectivity index (χ4v) is 7.23. The Labute approximate surface area is 342 Å². The van der Waals surface area contributed by atoms with Crippen LogP contribution in [0.5, 0.6) is 0 Å². The van der Waals surface area contributed by atoms with Crippen LogP contribution in [-0.4, -0.2) is 37.2 Å². The van der Waals surface area contributed by atoms with E-state index in [9.17, 15) is 14.4 Å². The highest BCUT2D eigenvalue weighted by molar-refractivity contribution is 5.71. The van der Waals surface area contributed by atoms with Crippen LogP contribution in [-0.2, 0) is 28.6 Å². The predicted molar refractivity (Wildman–Crippen MR) is 233 cm³/mol. The molecule has 326 valence electrons. The van der Waals surface area contributed by atoms with Crippen LogP contribution in [0.2, 0.25) is 0 Å². The molecule has 0 unspecified atom stereocenters. The SMILES string of the molecule is CC(C)CCCCCCCCCCCCCCC(=O)O[C@H](COC(=O)CCCCCCCCCCCC(C)C)COC(=O)CCCCCCCCCC(C)C. The Bertz CT molecular complexity index is 852. The van der Waals surface area contributed by atoms with Crippen molar-refractivity contribution in [3.63, 3.8) is 0 Å². The second kappa shape index (κ2) is 40.6. The van der Waals surface area contributed by atoms with E-state index in [0.717, 1.165) is 75.5 Å². The van der Waals surface area contributed by atoms with Crippen LogP contribution in [0.25, 0.3) is 0 Å². The van der Waals surface area contributed by atoms with E-state index in [2.05, 4.69) is 41.5 Å². The lowest BCUT2D eigenvalue weighted by Gasteiger charge is -2.18. The molecule has 0 aliphatic carbocycles. The van der Waals surface area contributed by atoms with Gasteiger partial charge in [-0.3, -0.25) is 14.4 Å². The zero-order valence-corrected chi connectivity index (χ0v) is 37.7. The van der Waals surface area contributed by atoms with Crippen molar-refractivity contribution in [1.29, 1.82) is 0 Å². The largest absolute Gasteiger partial charge is 0.462 e. The van der Waals surface area contributed by atoms with E-state index in [0.29, 0.717) is 19.3 Å². The maximum Gasteiger partial charge on any atom is 0.306 e. The third kappa shape index (κ3) is 43.4. The topological polar surface area (TPSA) is 78.9 Å². The van der Waals surface area contributed by atoms with E-state index in [1.807, 2.05) is 0 Å². The highest BCUT2D eigenvalue weighted by Gasteiger charge is 2.19. The van der Waals surface area contributed by atoms with Crippen molar-refractivity contribution in [2.75, 3.05) is 13.2 Å². The second-order valence-electron chi connectivity index (χ2n) is 18.2. The number of carbonyl (C=O) groups is 3. The lowest BCUT2D eigenvalue weighted by atomic mass is 10.0. The molecule has 0 aromatic rings. The molecule has 0 spiro atoms. The first-order valence-corrected chi connectivity index (χ1v) is 24.1. The Hall–Kier alpha value is -1.59. The van der Waals surface area contributed by atoms with Crippen molar-refractivity contribution in [2.24, 2.45) is 17.8 Å². The van der Waals surface area contributed by atoms with Gasteiger partial charge in [0.25, 0.3) is 0 Å². The molecule has 55 heavy (non-hydrogen) atoms. The summed E-state index contributed by atoms with van der Waals surface area (Å²) in [6.07, 6.45) is 38.1. The quantitative estimate of drug-likeness (QED) is 0.0349. The summed E-state index contributed by atoms with van der Waals surface area (Å²) >= 11 is 0. The molecule has 0 heterocycles. The van der Waals surface area contributed by atoms with Crippen LogP contribution >= 0.6 is 0 Å². The number of esters is 3. The third-order valence-electron chi connectivity index (χ3n) is 10.9. The van der Waals surface area contributed by atoms with E-state index >= 15 is 0 Å². The number of unbranched alkanes of at least 4 members (excludes halogenated alkanes) is 25. The standard InChI is InChI=1S/C49H94O6/c1-43(2)35-29-23-17-12-9-7-8-10-14-21-28-34-40-49(52)55-46(42-54-48(51)39-33-27-22-16-19-25-31-37-45(5)6)41-53-47(50)38-32-26-20-15-11-13-18-24-30-36-44(3)4/h43-46H,7-42H2,1-6H3/t46-/m1/s1. The molecule has 0 fully saturated rings. The lowest BCUT2D eigenvalue weighted by molar-refractivity contribution is -0.167. The molecule has 0 saturated heterocycles. The third-order valence-corrected chi connectivity index (χ3v) is 10.9. The van der Waals surface area contributed by atoms with Crippen molar-refractivity contribution in [2.45, 2.75) is 266 Å². The predicted octanol–water partition coefficient (Wildman–Crippen LogP) is 15.2. The molecule has 0 aliphatic heterocycles. The molecule has 6 heteroatoms. The zero-order valence-electron chi connectivity index (χ0n) is 37.7. The van der Waals surface area contributed by atoms with Crippen LogP contribution in [0, 0.1) is 17.8 Å². The van der Waals surface area contributed by atoms with Crippen molar-refractivity contribution in [3.05, 3.63) is 0 Å². The van der Waals surface area contributed by atoms with E-state index < -0.39 is 6.10 Å². The summed E-state index contributed by atoms with van der Waals surface area (Å²) in [5.74, 6) is 1.56. The minimum Gasteiger partial charge on any atom is -0.462 e. The molecule has 0 aromatic carbocycles. The Morgan fingerprint density at radius 2 is 0.527 bits per heavy atom. The molecule has 0 saturated carbocycles. The van der Waals surface area contributed by atoms with Gasteiger partial charge < -0.3 is 14.2 Å². The van der Waals surface area contributed by atoms with Gasteiger partial charge >= 0.3 is 17.9 Å². The van der Waals surface area contributed by atoms with E-state index in [1.165, 1.54) is 141 Å². The van der Waals surface area contributed by atoms with Gasteiger partial charge in [0.1, 0.15) is 13.2 Å². The van der Waals surface area contributed by atoms with Gasteiger partial charge in [-0.1, -0.05) is 221 Å². The van der Waals surface area contributed by atoms with Crippen molar-refractivity contribution in [3.8, 4) is 0 Å². The highest BCUT2D eigenvalue weighted by atomic mass is 16.6. The number of hydrogen-bond acceptors (Lipinski definition) is 6. The van der Waals surface area contributed by atoms with Crippen LogP contribution in [0.1, 0.15) is 260 Å². The summed E-state index contributed by atoms with van der Waals surface area (Å²) in [6, 6.07) is 0. The summed E-state index contributed by atoms with van der Waals surface area (Å²) in [7, 11) is 0. The van der Waals surface area contributed by atoms with Crippen LogP contribution in [0.4, 0.5) is 0 Å². The molecular formula is C49H94O6. The second-order valence-corrected chi connectivity index (χ2v) is 18.2. The normalized spacial score (nSPS) is 12.2. The van der Waals surface area contributed by atoms with Gasteiger partial charge in [-0.05, 0) is 37.0 Å². The minimum atomic E-state index is -0.762. The fraction of sp³-hybridized carbons (Fsp3) is 0.939. The van der Waals surface area contributed by atoms with E-state index in [1.54, 1.807) is 0 Å². The Balaban J connectivity index is 4.32. The summed E-state index contributed by atoms with van der Waals surface area (Å²) in [6.45, 7) is 13.6.